The van der Waals surface area contributed by atoms with Gasteiger partial charge in [-0.1, -0.05) is 0 Å². The number of carbonyl (C=O) groups is 2. The van der Waals surface area contributed by atoms with E-state index in [1.165, 1.54) is 6.92 Å². The Morgan fingerprint density at radius 3 is 2.79 bits per heavy atom. The van der Waals surface area contributed by atoms with Gasteiger partial charge in [-0.2, -0.15) is 0 Å². The fourth-order valence-electron chi connectivity index (χ4n) is 2.53. The maximum atomic E-state index is 11.7. The molecule has 0 aromatic heterocycles. The number of nitrogens with zero attached hydrogens (tertiary/aromatic N) is 1. The monoisotopic (exact) mass is 263 g/mol. The van der Waals surface area contributed by atoms with Crippen LogP contribution in [0.25, 0.3) is 0 Å². The van der Waals surface area contributed by atoms with Crippen molar-refractivity contribution < 1.29 is 19.4 Å². The Hall–Kier alpha value is -2.04. The first-order valence-corrected chi connectivity index (χ1v) is 6.18. The van der Waals surface area contributed by atoms with Crippen LogP contribution >= 0.6 is 0 Å². The van der Waals surface area contributed by atoms with Crippen molar-refractivity contribution in [1.29, 1.82) is 0 Å². The number of amides is 1. The second-order valence-corrected chi connectivity index (χ2v) is 4.79. The molecular weight excluding hydrogens is 246 g/mol. The Bertz CT molecular complexity index is 512. The number of carboxylic acid groups (broad SMARTS) is 1. The molecule has 1 heterocycles. The quantitative estimate of drug-likeness (QED) is 0.901. The van der Waals surface area contributed by atoms with E-state index in [4.69, 9.17) is 9.84 Å². The van der Waals surface area contributed by atoms with Crippen LogP contribution in [0.15, 0.2) is 18.2 Å². The zero-order valence-electron chi connectivity index (χ0n) is 11.0. The minimum absolute atomic E-state index is 0.0546. The zero-order valence-corrected chi connectivity index (χ0v) is 11.0. The van der Waals surface area contributed by atoms with Crippen LogP contribution in [0.2, 0.25) is 0 Å². The normalized spacial score (nSPS) is 17.8. The lowest BCUT2D eigenvalue weighted by Gasteiger charge is -2.33. The number of carbonyl (C=O) groups excluding carboxylic acids is 1. The molecule has 0 fully saturated rings. The van der Waals surface area contributed by atoms with Gasteiger partial charge in [0.05, 0.1) is 13.5 Å². The molecule has 102 valence electrons. The van der Waals surface area contributed by atoms with Crippen molar-refractivity contribution in [2.45, 2.75) is 19.8 Å². The Morgan fingerprint density at radius 2 is 2.21 bits per heavy atom. The Balaban J connectivity index is 2.34. The molecule has 1 aliphatic heterocycles. The number of anilines is 1. The third-order valence-corrected chi connectivity index (χ3v) is 3.37. The number of methoxy groups -OCH3 is 1. The second-order valence-electron chi connectivity index (χ2n) is 4.79. The van der Waals surface area contributed by atoms with Crippen LogP contribution in [0.4, 0.5) is 5.69 Å². The molecular formula is C14H17NO4. The molecule has 0 radical (unpaired) electrons. The number of hydrogen-bond acceptors (Lipinski definition) is 3. The molecule has 0 spiro atoms. The van der Waals surface area contributed by atoms with Gasteiger partial charge in [0.2, 0.25) is 5.91 Å². The van der Waals surface area contributed by atoms with Gasteiger partial charge in [-0.3, -0.25) is 9.59 Å². The van der Waals surface area contributed by atoms with Crippen LogP contribution in [0.1, 0.15) is 18.9 Å². The number of benzene rings is 1. The van der Waals surface area contributed by atoms with Crippen molar-refractivity contribution in [2.24, 2.45) is 5.92 Å². The van der Waals surface area contributed by atoms with Crippen molar-refractivity contribution in [3.63, 3.8) is 0 Å². The molecule has 0 aliphatic carbocycles. The van der Waals surface area contributed by atoms with E-state index in [2.05, 4.69) is 0 Å². The van der Waals surface area contributed by atoms with Crippen LogP contribution in [0.3, 0.4) is 0 Å². The summed E-state index contributed by atoms with van der Waals surface area (Å²) in [5, 5.41) is 8.91. The molecule has 0 saturated heterocycles. The third-order valence-electron chi connectivity index (χ3n) is 3.37. The SMILES string of the molecule is COc1ccc2c(c1)CC(CC(=O)O)CN2C(C)=O. The minimum Gasteiger partial charge on any atom is -0.497 e. The summed E-state index contributed by atoms with van der Waals surface area (Å²) in [5.41, 5.74) is 1.82. The molecule has 1 atom stereocenters. The number of fused-ring (bicyclic) bond motifs is 1. The summed E-state index contributed by atoms with van der Waals surface area (Å²) in [4.78, 5) is 24.2. The Kier molecular flexibility index (Phi) is 3.74. The first-order chi connectivity index (χ1) is 9.01. The predicted molar refractivity (Wildman–Crippen MR) is 70.5 cm³/mol. The fraction of sp³-hybridized carbons (Fsp3) is 0.429. The van der Waals surface area contributed by atoms with Crippen molar-refractivity contribution in [2.75, 3.05) is 18.6 Å². The highest BCUT2D eigenvalue weighted by Gasteiger charge is 2.28. The van der Waals surface area contributed by atoms with Gasteiger partial charge >= 0.3 is 5.97 Å². The maximum absolute atomic E-state index is 11.7. The minimum atomic E-state index is -0.833. The lowest BCUT2D eigenvalue weighted by Crippen LogP contribution is -2.39. The van der Waals surface area contributed by atoms with E-state index in [-0.39, 0.29) is 18.2 Å². The molecule has 5 nitrogen and oxygen atoms in total. The molecule has 1 amide bonds. The standard InChI is InChI=1S/C14H17NO4/c1-9(16)15-8-10(6-14(17)18)5-11-7-12(19-2)3-4-13(11)15/h3-4,7,10H,5-6,8H2,1-2H3,(H,17,18). The number of rotatable bonds is 3. The van der Waals surface area contributed by atoms with Crippen LogP contribution in [-0.2, 0) is 16.0 Å². The molecule has 5 heteroatoms. The zero-order chi connectivity index (χ0) is 14.0. The van der Waals surface area contributed by atoms with Crippen LogP contribution in [-0.4, -0.2) is 30.6 Å². The molecule has 1 unspecified atom stereocenters. The van der Waals surface area contributed by atoms with E-state index in [0.717, 1.165) is 17.0 Å². The van der Waals surface area contributed by atoms with E-state index in [0.29, 0.717) is 13.0 Å². The summed E-state index contributed by atoms with van der Waals surface area (Å²) in [6, 6.07) is 5.54. The highest BCUT2D eigenvalue weighted by atomic mass is 16.5. The van der Waals surface area contributed by atoms with Crippen LogP contribution < -0.4 is 9.64 Å². The molecule has 1 aromatic rings. The highest BCUT2D eigenvalue weighted by Crippen LogP contribution is 2.33. The van der Waals surface area contributed by atoms with Gasteiger partial charge in [0.1, 0.15) is 5.75 Å². The molecule has 1 aliphatic rings. The van der Waals surface area contributed by atoms with Crippen molar-refractivity contribution in [3.05, 3.63) is 23.8 Å². The first kappa shape index (κ1) is 13.4. The van der Waals surface area contributed by atoms with Gasteiger partial charge in [0.25, 0.3) is 0 Å². The van der Waals surface area contributed by atoms with E-state index in [9.17, 15) is 9.59 Å². The summed E-state index contributed by atoms with van der Waals surface area (Å²) in [6.45, 7) is 1.96. The van der Waals surface area contributed by atoms with Gasteiger partial charge in [0, 0.05) is 19.2 Å². The molecule has 19 heavy (non-hydrogen) atoms. The average molecular weight is 263 g/mol. The summed E-state index contributed by atoms with van der Waals surface area (Å²) in [5.74, 6) is -0.236. The first-order valence-electron chi connectivity index (χ1n) is 6.18. The number of hydrogen-bond donors (Lipinski definition) is 1. The number of aliphatic carboxylic acids is 1. The van der Waals surface area contributed by atoms with E-state index in [1.54, 1.807) is 12.0 Å². The number of carboxylic acids is 1. The maximum Gasteiger partial charge on any atom is 0.303 e. The smallest absolute Gasteiger partial charge is 0.303 e. The Morgan fingerprint density at radius 1 is 1.47 bits per heavy atom. The van der Waals surface area contributed by atoms with Crippen molar-refractivity contribution in [1.82, 2.24) is 0 Å². The lowest BCUT2D eigenvalue weighted by molar-refractivity contribution is -0.138. The third kappa shape index (κ3) is 2.86. The number of ether oxygens (including phenoxy) is 1. The average Bonchev–Trinajstić information content (AvgIpc) is 2.36. The topological polar surface area (TPSA) is 66.8 Å². The molecule has 1 aromatic carbocycles. The molecule has 0 saturated carbocycles. The fourth-order valence-corrected chi connectivity index (χ4v) is 2.53. The van der Waals surface area contributed by atoms with E-state index < -0.39 is 5.97 Å². The van der Waals surface area contributed by atoms with Gasteiger partial charge < -0.3 is 14.7 Å². The molecule has 2 rings (SSSR count). The van der Waals surface area contributed by atoms with E-state index >= 15 is 0 Å². The summed E-state index contributed by atoms with van der Waals surface area (Å²) in [7, 11) is 1.59. The molecule has 0 bridgehead atoms. The summed E-state index contributed by atoms with van der Waals surface area (Å²) in [6.07, 6.45) is 0.725. The molecule has 1 N–H and O–H groups in total. The largest absolute Gasteiger partial charge is 0.497 e. The highest BCUT2D eigenvalue weighted by molar-refractivity contribution is 5.93. The van der Waals surface area contributed by atoms with Crippen molar-refractivity contribution >= 4 is 17.6 Å². The van der Waals surface area contributed by atoms with Crippen LogP contribution in [0.5, 0.6) is 5.75 Å². The predicted octanol–water partition coefficient (Wildman–Crippen LogP) is 1.70. The van der Waals surface area contributed by atoms with E-state index in [1.807, 2.05) is 18.2 Å². The lowest BCUT2D eigenvalue weighted by atomic mass is 9.90. The van der Waals surface area contributed by atoms with Crippen LogP contribution in [0, 0.1) is 5.92 Å². The Labute approximate surface area is 111 Å². The summed E-state index contributed by atoms with van der Waals surface area (Å²) < 4.78 is 5.17. The van der Waals surface area contributed by atoms with Gasteiger partial charge in [-0.15, -0.1) is 0 Å². The van der Waals surface area contributed by atoms with Gasteiger partial charge in [-0.05, 0) is 36.1 Å². The van der Waals surface area contributed by atoms with Gasteiger partial charge in [-0.25, -0.2) is 0 Å². The summed E-state index contributed by atoms with van der Waals surface area (Å²) >= 11 is 0. The van der Waals surface area contributed by atoms with Crippen molar-refractivity contribution in [3.8, 4) is 5.75 Å². The second kappa shape index (κ2) is 5.30. The van der Waals surface area contributed by atoms with Gasteiger partial charge in [0.15, 0.2) is 0 Å².